The molecule has 342 valence electrons. The Balaban J connectivity index is 0.000000191. The zero-order valence-electron chi connectivity index (χ0n) is 38.8. The molecule has 0 bridgehead atoms. The van der Waals surface area contributed by atoms with Crippen LogP contribution in [0.25, 0.3) is 11.4 Å². The fourth-order valence-corrected chi connectivity index (χ4v) is 10.5. The maximum Gasteiger partial charge on any atom is 0.229 e. The van der Waals surface area contributed by atoms with Crippen molar-refractivity contribution in [3.8, 4) is 11.4 Å². The number of likely N-dealkylation sites (tertiary alicyclic amines) is 1. The predicted molar refractivity (Wildman–Crippen MR) is 260 cm³/mol. The Bertz CT molecular complexity index is 2550. The standard InChI is InChI=1S/C28H35N3O.C27H30FN3O.CH4/c1-5-6-14-31(22(4)23-10-8-7-9-11-23)28(32)26-16-25(17-26)24-12-13-27(20(2)15-24)30-18-21(3)29-19-30;1-18-13-22(7-10-25(18)30-16-19(2)29-17-30)23-14-27(15-23)11-4-12-31(26(27)32)20(3)21-5-8-24(28)9-6-21;/h7-13,15,18-19,22,25-26H,5-6,14,16-17H2,1-4H3;5-10,13,16-17,20,23H,4,11-12,14-15H2,1-3H3;1H4. The van der Waals surface area contributed by atoms with E-state index in [4.69, 9.17) is 0 Å². The van der Waals surface area contributed by atoms with Gasteiger partial charge >= 0.3 is 0 Å². The summed E-state index contributed by atoms with van der Waals surface area (Å²) in [5.74, 6) is 1.40. The van der Waals surface area contributed by atoms with Crippen molar-refractivity contribution < 1.29 is 14.0 Å². The van der Waals surface area contributed by atoms with Crippen molar-refractivity contribution in [3.63, 3.8) is 0 Å². The number of unbranched alkanes of at least 4 members (excludes halogenated alkanes) is 1. The zero-order valence-corrected chi connectivity index (χ0v) is 38.8. The van der Waals surface area contributed by atoms with Crippen molar-refractivity contribution in [3.05, 3.63) is 167 Å². The molecule has 2 unspecified atom stereocenters. The van der Waals surface area contributed by atoms with E-state index < -0.39 is 0 Å². The average molecular weight is 877 g/mol. The fraction of sp³-hybridized carbons (Fsp3) is 0.429. The number of aromatic nitrogens is 4. The summed E-state index contributed by atoms with van der Waals surface area (Å²) in [5, 5.41) is 0. The molecule has 3 heterocycles. The van der Waals surface area contributed by atoms with Crippen LogP contribution in [0.5, 0.6) is 0 Å². The Labute approximate surface area is 386 Å². The highest BCUT2D eigenvalue weighted by Crippen LogP contribution is 2.57. The van der Waals surface area contributed by atoms with Crippen LogP contribution in [0.4, 0.5) is 4.39 Å². The van der Waals surface area contributed by atoms with E-state index in [1.165, 1.54) is 45.6 Å². The molecule has 0 N–H and O–H groups in total. The van der Waals surface area contributed by atoms with Crippen molar-refractivity contribution in [2.75, 3.05) is 13.1 Å². The van der Waals surface area contributed by atoms with Crippen LogP contribution in [-0.4, -0.2) is 53.8 Å². The SMILES string of the molecule is C.CCCCN(C(=O)C1CC(c2ccc(-n3cnc(C)c3)c(C)c2)C1)C(C)c1ccccc1.Cc1cn(-c2ccc(C3CC4(CCCN(C(C)c5ccc(F)cc5)C4=O)C3)cc2C)cn1. The van der Waals surface area contributed by atoms with Crippen LogP contribution in [0.1, 0.15) is 148 Å². The van der Waals surface area contributed by atoms with E-state index in [0.717, 1.165) is 87.1 Å². The van der Waals surface area contributed by atoms with Crippen molar-refractivity contribution in [1.29, 1.82) is 0 Å². The molecule has 1 aliphatic heterocycles. The van der Waals surface area contributed by atoms with Gasteiger partial charge in [0.15, 0.2) is 0 Å². The van der Waals surface area contributed by atoms with Crippen LogP contribution >= 0.6 is 0 Å². The van der Waals surface area contributed by atoms with Crippen LogP contribution in [0.3, 0.4) is 0 Å². The second kappa shape index (κ2) is 20.1. The minimum absolute atomic E-state index is 0. The molecule has 8 nitrogen and oxygen atoms in total. The van der Waals surface area contributed by atoms with Gasteiger partial charge < -0.3 is 18.9 Å². The average Bonchev–Trinajstić information content (AvgIpc) is 3.90. The minimum Gasteiger partial charge on any atom is -0.336 e. The molecule has 2 saturated carbocycles. The molecule has 2 aromatic heterocycles. The second-order valence-electron chi connectivity index (χ2n) is 19.0. The van der Waals surface area contributed by atoms with E-state index in [0.29, 0.717) is 17.7 Å². The van der Waals surface area contributed by atoms with Crippen LogP contribution in [-0.2, 0) is 9.59 Å². The Morgan fingerprint density at radius 3 is 1.88 bits per heavy atom. The first-order valence-electron chi connectivity index (χ1n) is 23.5. The molecule has 1 spiro atoms. The van der Waals surface area contributed by atoms with Gasteiger partial charge in [0.25, 0.3) is 0 Å². The summed E-state index contributed by atoms with van der Waals surface area (Å²) in [6.07, 6.45) is 15.7. The zero-order chi connectivity index (χ0) is 45.1. The maximum atomic E-state index is 13.5. The topological polar surface area (TPSA) is 76.3 Å². The molecule has 0 radical (unpaired) electrons. The van der Waals surface area contributed by atoms with Gasteiger partial charge in [-0.2, -0.15) is 0 Å². The van der Waals surface area contributed by atoms with Gasteiger partial charge in [-0.15, -0.1) is 0 Å². The van der Waals surface area contributed by atoms with E-state index in [9.17, 15) is 14.0 Å². The number of hydrogen-bond acceptors (Lipinski definition) is 4. The smallest absolute Gasteiger partial charge is 0.229 e. The summed E-state index contributed by atoms with van der Waals surface area (Å²) in [6, 6.07) is 30.4. The van der Waals surface area contributed by atoms with E-state index in [1.54, 1.807) is 12.1 Å². The van der Waals surface area contributed by atoms with Crippen LogP contribution in [0, 0.1) is 44.8 Å². The monoisotopic (exact) mass is 877 g/mol. The van der Waals surface area contributed by atoms with E-state index in [2.05, 4.69) is 125 Å². The largest absolute Gasteiger partial charge is 0.336 e. The fourth-order valence-electron chi connectivity index (χ4n) is 10.5. The van der Waals surface area contributed by atoms with Crippen LogP contribution in [0.15, 0.2) is 116 Å². The molecular formula is C56H69FN6O2. The molecular weight excluding hydrogens is 808 g/mol. The van der Waals surface area contributed by atoms with Gasteiger partial charge in [-0.3, -0.25) is 9.59 Å². The number of amides is 2. The number of halogens is 1. The van der Waals surface area contributed by atoms with Crippen molar-refractivity contribution in [1.82, 2.24) is 28.9 Å². The van der Waals surface area contributed by atoms with Crippen molar-refractivity contribution in [2.24, 2.45) is 11.3 Å². The highest BCUT2D eigenvalue weighted by atomic mass is 19.1. The third kappa shape index (κ3) is 10.0. The van der Waals surface area contributed by atoms with Gasteiger partial charge in [0.05, 0.1) is 41.5 Å². The molecule has 2 amide bonds. The number of piperidine rings is 1. The third-order valence-electron chi connectivity index (χ3n) is 14.5. The quantitative estimate of drug-likeness (QED) is 0.123. The first-order valence-corrected chi connectivity index (χ1v) is 23.5. The lowest BCUT2D eigenvalue weighted by Gasteiger charge is -2.53. The van der Waals surface area contributed by atoms with Gasteiger partial charge in [0, 0.05) is 42.8 Å². The highest BCUT2D eigenvalue weighted by Gasteiger charge is 2.54. The number of aryl methyl sites for hydroxylation is 4. The predicted octanol–water partition coefficient (Wildman–Crippen LogP) is 12.9. The van der Waals surface area contributed by atoms with Gasteiger partial charge in [-0.05, 0) is 156 Å². The van der Waals surface area contributed by atoms with E-state index >= 15 is 0 Å². The molecule has 3 fully saturated rings. The Kier molecular flexibility index (Phi) is 14.6. The number of rotatable bonds is 12. The second-order valence-corrected chi connectivity index (χ2v) is 19.0. The van der Waals surface area contributed by atoms with E-state index in [1.807, 2.05) is 43.7 Å². The van der Waals surface area contributed by atoms with E-state index in [-0.39, 0.29) is 42.6 Å². The molecule has 1 saturated heterocycles. The third-order valence-corrected chi connectivity index (χ3v) is 14.5. The van der Waals surface area contributed by atoms with Crippen LogP contribution < -0.4 is 0 Å². The summed E-state index contributed by atoms with van der Waals surface area (Å²) in [7, 11) is 0. The summed E-state index contributed by atoms with van der Waals surface area (Å²) >= 11 is 0. The van der Waals surface area contributed by atoms with Gasteiger partial charge in [-0.1, -0.05) is 87.5 Å². The molecule has 9 rings (SSSR count). The van der Waals surface area contributed by atoms with Crippen molar-refractivity contribution >= 4 is 11.8 Å². The number of benzene rings is 4. The number of hydrogen-bond donors (Lipinski definition) is 0. The first-order chi connectivity index (χ1) is 30.8. The summed E-state index contributed by atoms with van der Waals surface area (Å²) in [5.41, 5.74) is 11.5. The number of imidazole rings is 2. The van der Waals surface area contributed by atoms with Gasteiger partial charge in [0.2, 0.25) is 11.8 Å². The molecule has 3 aliphatic rings. The van der Waals surface area contributed by atoms with Crippen molar-refractivity contribution in [2.45, 2.75) is 131 Å². The molecule has 65 heavy (non-hydrogen) atoms. The Morgan fingerprint density at radius 1 is 0.785 bits per heavy atom. The number of nitrogens with zero attached hydrogens (tertiary/aromatic N) is 6. The van der Waals surface area contributed by atoms with Crippen LogP contribution in [0.2, 0.25) is 0 Å². The molecule has 2 atom stereocenters. The molecule has 9 heteroatoms. The maximum absolute atomic E-state index is 13.5. The normalized spacial score (nSPS) is 21.0. The molecule has 2 aliphatic carbocycles. The Hall–Kier alpha value is -5.83. The minimum atomic E-state index is -0.242. The first kappa shape index (κ1) is 47.1. The number of carbonyl (C=O) groups excluding carboxylic acids is 2. The lowest BCUT2D eigenvalue weighted by molar-refractivity contribution is -0.156. The summed E-state index contributed by atoms with van der Waals surface area (Å²) in [6.45, 7) is 16.3. The van der Waals surface area contributed by atoms with Gasteiger partial charge in [-0.25, -0.2) is 14.4 Å². The van der Waals surface area contributed by atoms with Gasteiger partial charge in [0.1, 0.15) is 5.82 Å². The number of carbonyl (C=O) groups is 2. The summed E-state index contributed by atoms with van der Waals surface area (Å²) in [4.78, 5) is 39.8. The highest BCUT2D eigenvalue weighted by molar-refractivity contribution is 5.85. The molecule has 6 aromatic rings. The lowest BCUT2D eigenvalue weighted by Crippen LogP contribution is -2.54. The lowest BCUT2D eigenvalue weighted by atomic mass is 9.56. The summed E-state index contributed by atoms with van der Waals surface area (Å²) < 4.78 is 17.5. The Morgan fingerprint density at radius 2 is 1.35 bits per heavy atom. The molecule has 4 aromatic carbocycles.